The van der Waals surface area contributed by atoms with Crippen molar-refractivity contribution in [3.63, 3.8) is 0 Å². The van der Waals surface area contributed by atoms with Crippen LogP contribution in [0.3, 0.4) is 0 Å². The highest BCUT2D eigenvalue weighted by Gasteiger charge is 2.11. The highest BCUT2D eigenvalue weighted by Crippen LogP contribution is 2.27. The van der Waals surface area contributed by atoms with Gasteiger partial charge in [0, 0.05) is 9.50 Å². The van der Waals surface area contributed by atoms with Crippen LogP contribution >= 0.6 is 27.5 Å². The molecule has 1 amide bonds. The number of nitrogens with one attached hydrogen (secondary N) is 1. The number of ether oxygens (including phenoxy) is 3. The average Bonchev–Trinajstić information content (AvgIpc) is 2.58. The Kier molecular flexibility index (Phi) is 7.09. The molecule has 0 saturated carbocycles. The Bertz CT molecular complexity index is 768. The fraction of sp³-hybridized carbons (Fsp3) is 0.176. The van der Waals surface area contributed by atoms with Crippen molar-refractivity contribution in [3.8, 4) is 11.5 Å². The molecule has 0 spiro atoms. The van der Waals surface area contributed by atoms with E-state index in [1.807, 2.05) is 6.07 Å². The van der Waals surface area contributed by atoms with Crippen LogP contribution in [-0.2, 0) is 14.3 Å². The summed E-state index contributed by atoms with van der Waals surface area (Å²) in [4.78, 5) is 23.5. The first-order chi connectivity index (χ1) is 12.0. The van der Waals surface area contributed by atoms with E-state index in [9.17, 15) is 9.59 Å². The quantitative estimate of drug-likeness (QED) is 0.681. The normalized spacial score (nSPS) is 10.0. The molecule has 0 fully saturated rings. The fourth-order valence-corrected chi connectivity index (χ4v) is 2.40. The minimum Gasteiger partial charge on any atom is -0.495 e. The summed E-state index contributed by atoms with van der Waals surface area (Å²) in [5, 5.41) is 3.01. The number of halogens is 2. The van der Waals surface area contributed by atoms with Crippen LogP contribution in [0.15, 0.2) is 46.9 Å². The van der Waals surface area contributed by atoms with Gasteiger partial charge < -0.3 is 19.5 Å². The zero-order chi connectivity index (χ0) is 18.2. The van der Waals surface area contributed by atoms with Crippen LogP contribution < -0.4 is 14.8 Å². The Morgan fingerprint density at radius 2 is 1.96 bits per heavy atom. The molecule has 1 N–H and O–H groups in total. The molecule has 25 heavy (non-hydrogen) atoms. The van der Waals surface area contributed by atoms with Gasteiger partial charge in [-0.15, -0.1) is 0 Å². The van der Waals surface area contributed by atoms with E-state index in [0.717, 1.165) is 4.47 Å². The lowest BCUT2D eigenvalue weighted by molar-refractivity contribution is -0.149. The molecule has 8 heteroatoms. The van der Waals surface area contributed by atoms with Crippen molar-refractivity contribution in [2.45, 2.75) is 0 Å². The van der Waals surface area contributed by atoms with Crippen LogP contribution in [0.1, 0.15) is 0 Å². The minimum atomic E-state index is -0.659. The number of hydrogen-bond acceptors (Lipinski definition) is 5. The average molecular weight is 429 g/mol. The Labute approximate surface area is 158 Å². The molecule has 0 radical (unpaired) electrons. The predicted molar refractivity (Wildman–Crippen MR) is 97.2 cm³/mol. The van der Waals surface area contributed by atoms with Gasteiger partial charge in [-0.1, -0.05) is 33.6 Å². The second kappa shape index (κ2) is 9.29. The monoisotopic (exact) mass is 427 g/mol. The number of amides is 1. The number of rotatable bonds is 7. The molecular weight excluding hydrogens is 414 g/mol. The second-order valence-corrected chi connectivity index (χ2v) is 6.15. The van der Waals surface area contributed by atoms with Crippen LogP contribution in [-0.4, -0.2) is 32.2 Å². The summed E-state index contributed by atoms with van der Waals surface area (Å²) in [7, 11) is 1.47. The predicted octanol–water partition coefficient (Wildman–Crippen LogP) is 3.67. The van der Waals surface area contributed by atoms with E-state index >= 15 is 0 Å². The number of hydrogen-bond donors (Lipinski definition) is 1. The fourth-order valence-electron chi connectivity index (χ4n) is 1.85. The lowest BCUT2D eigenvalue weighted by Gasteiger charge is -2.11. The number of anilines is 1. The Morgan fingerprint density at radius 3 is 2.68 bits per heavy atom. The smallest absolute Gasteiger partial charge is 0.344 e. The van der Waals surface area contributed by atoms with Gasteiger partial charge in [-0.25, -0.2) is 4.79 Å². The molecule has 2 rings (SSSR count). The standard InChI is InChI=1S/C17H15BrClNO5/c1-23-15-6-5-12(19)8-14(15)20-16(21)9-25-17(22)10-24-13-4-2-3-11(18)7-13/h2-8H,9-10H2,1H3,(H,20,21). The summed E-state index contributed by atoms with van der Waals surface area (Å²) in [6.07, 6.45) is 0. The minimum absolute atomic E-state index is 0.301. The number of carbonyl (C=O) groups is 2. The summed E-state index contributed by atoms with van der Waals surface area (Å²) >= 11 is 9.18. The topological polar surface area (TPSA) is 73.9 Å². The van der Waals surface area contributed by atoms with Crippen molar-refractivity contribution < 1.29 is 23.8 Å². The van der Waals surface area contributed by atoms with Crippen molar-refractivity contribution in [1.82, 2.24) is 0 Å². The van der Waals surface area contributed by atoms with Gasteiger partial charge in [0.15, 0.2) is 13.2 Å². The van der Waals surface area contributed by atoms with E-state index < -0.39 is 18.5 Å². The lowest BCUT2D eigenvalue weighted by Crippen LogP contribution is -2.23. The van der Waals surface area contributed by atoms with Crippen LogP contribution in [0.2, 0.25) is 5.02 Å². The Balaban J connectivity index is 1.79. The van der Waals surface area contributed by atoms with Gasteiger partial charge in [0.1, 0.15) is 11.5 Å². The molecule has 0 saturated heterocycles. The van der Waals surface area contributed by atoms with Crippen molar-refractivity contribution in [2.75, 3.05) is 25.6 Å². The molecule has 0 aliphatic heterocycles. The molecule has 0 aliphatic carbocycles. The van der Waals surface area contributed by atoms with Gasteiger partial charge in [0.25, 0.3) is 5.91 Å². The molecule has 0 heterocycles. The maximum absolute atomic E-state index is 11.9. The van der Waals surface area contributed by atoms with Gasteiger partial charge in [0.05, 0.1) is 12.8 Å². The largest absolute Gasteiger partial charge is 0.495 e. The van der Waals surface area contributed by atoms with Crippen molar-refractivity contribution >= 4 is 45.1 Å². The van der Waals surface area contributed by atoms with Crippen LogP contribution in [0.25, 0.3) is 0 Å². The summed E-state index contributed by atoms with van der Waals surface area (Å²) in [6.45, 7) is -0.749. The van der Waals surface area contributed by atoms with E-state index in [1.165, 1.54) is 13.2 Å². The summed E-state index contributed by atoms with van der Waals surface area (Å²) in [6, 6.07) is 11.8. The van der Waals surface area contributed by atoms with E-state index in [-0.39, 0.29) is 6.61 Å². The highest BCUT2D eigenvalue weighted by molar-refractivity contribution is 9.10. The van der Waals surface area contributed by atoms with Gasteiger partial charge in [-0.05, 0) is 36.4 Å². The third-order valence-corrected chi connectivity index (χ3v) is 3.68. The molecule has 6 nitrogen and oxygen atoms in total. The third kappa shape index (κ3) is 6.28. The summed E-state index contributed by atoms with van der Waals surface area (Å²) < 4.78 is 16.1. The molecule has 0 aromatic heterocycles. The second-order valence-electron chi connectivity index (χ2n) is 4.80. The maximum Gasteiger partial charge on any atom is 0.344 e. The summed E-state index contributed by atoms with van der Waals surface area (Å²) in [5.41, 5.74) is 0.390. The molecule has 2 aromatic rings. The Hall–Kier alpha value is -2.25. The molecule has 0 atom stereocenters. The van der Waals surface area contributed by atoms with Crippen LogP contribution in [0.4, 0.5) is 5.69 Å². The van der Waals surface area contributed by atoms with Crippen LogP contribution in [0, 0.1) is 0 Å². The van der Waals surface area contributed by atoms with Gasteiger partial charge in [-0.3, -0.25) is 4.79 Å². The van der Waals surface area contributed by atoms with Crippen LogP contribution in [0.5, 0.6) is 11.5 Å². The zero-order valence-electron chi connectivity index (χ0n) is 13.3. The van der Waals surface area contributed by atoms with Gasteiger partial charge in [0.2, 0.25) is 0 Å². The summed E-state index contributed by atoms with van der Waals surface area (Å²) in [5.74, 6) is -0.217. The van der Waals surface area contributed by atoms with E-state index in [2.05, 4.69) is 21.2 Å². The van der Waals surface area contributed by atoms with Gasteiger partial charge in [-0.2, -0.15) is 0 Å². The zero-order valence-corrected chi connectivity index (χ0v) is 15.6. The highest BCUT2D eigenvalue weighted by atomic mass is 79.9. The molecule has 0 aliphatic rings. The molecule has 0 bridgehead atoms. The lowest BCUT2D eigenvalue weighted by atomic mass is 10.3. The maximum atomic E-state index is 11.9. The van der Waals surface area contributed by atoms with Gasteiger partial charge >= 0.3 is 5.97 Å². The van der Waals surface area contributed by atoms with Crippen molar-refractivity contribution in [1.29, 1.82) is 0 Å². The SMILES string of the molecule is COc1ccc(Cl)cc1NC(=O)COC(=O)COc1cccc(Br)c1. The van der Waals surface area contributed by atoms with Crippen molar-refractivity contribution in [2.24, 2.45) is 0 Å². The first kappa shape index (κ1) is 19.1. The number of benzene rings is 2. The van der Waals surface area contributed by atoms with E-state index in [1.54, 1.807) is 30.3 Å². The third-order valence-electron chi connectivity index (χ3n) is 2.95. The molecule has 2 aromatic carbocycles. The number of esters is 1. The van der Waals surface area contributed by atoms with E-state index in [0.29, 0.717) is 22.2 Å². The molecular formula is C17H15BrClNO5. The Morgan fingerprint density at radius 1 is 1.16 bits per heavy atom. The molecule has 0 unspecified atom stereocenters. The number of methoxy groups -OCH3 is 1. The molecule has 132 valence electrons. The first-order valence-electron chi connectivity index (χ1n) is 7.15. The first-order valence-corrected chi connectivity index (χ1v) is 8.32. The van der Waals surface area contributed by atoms with Crippen molar-refractivity contribution in [3.05, 3.63) is 52.0 Å². The number of carbonyl (C=O) groups excluding carboxylic acids is 2. The van der Waals surface area contributed by atoms with E-state index in [4.69, 9.17) is 25.8 Å².